The third-order valence-electron chi connectivity index (χ3n) is 2.92. The minimum absolute atomic E-state index is 0.183. The van der Waals surface area contributed by atoms with Crippen molar-refractivity contribution in [2.24, 2.45) is 5.92 Å². The molecule has 0 aliphatic heterocycles. The van der Waals surface area contributed by atoms with Crippen molar-refractivity contribution in [2.45, 2.75) is 59.0 Å². The summed E-state index contributed by atoms with van der Waals surface area (Å²) in [7, 11) is 1.43. The number of methoxy groups -OCH3 is 1. The van der Waals surface area contributed by atoms with Gasteiger partial charge in [-0.1, -0.05) is 27.2 Å². The van der Waals surface area contributed by atoms with E-state index in [1.54, 1.807) is 0 Å². The summed E-state index contributed by atoms with van der Waals surface area (Å²) in [6.45, 7) is 8.43. The van der Waals surface area contributed by atoms with E-state index in [-0.39, 0.29) is 12.0 Å². The maximum absolute atomic E-state index is 11.2. The molecule has 0 bridgehead atoms. The summed E-state index contributed by atoms with van der Waals surface area (Å²) < 4.78 is 4.69. The molecule has 15 heavy (non-hydrogen) atoms. The molecule has 0 aromatic carbocycles. The summed E-state index contributed by atoms with van der Waals surface area (Å²) in [5.74, 6) is 0.518. The highest BCUT2D eigenvalue weighted by atomic mass is 16.5. The topological polar surface area (TPSA) is 38.3 Å². The van der Waals surface area contributed by atoms with Gasteiger partial charge < -0.3 is 10.1 Å². The third kappa shape index (κ3) is 5.78. The molecule has 3 nitrogen and oxygen atoms in total. The normalized spacial score (nSPS) is 16.9. The zero-order valence-corrected chi connectivity index (χ0v) is 10.7. The molecule has 0 heterocycles. The maximum Gasteiger partial charge on any atom is 0.322 e. The Bertz CT molecular complexity index is 182. The molecule has 0 saturated heterocycles. The number of hydrogen-bond donors (Lipinski definition) is 1. The average molecular weight is 215 g/mol. The van der Waals surface area contributed by atoms with Gasteiger partial charge in [0.15, 0.2) is 0 Å². The first kappa shape index (κ1) is 14.4. The second kappa shape index (κ2) is 7.69. The highest BCUT2D eigenvalue weighted by Gasteiger charge is 2.18. The molecule has 0 aromatic heterocycles. The van der Waals surface area contributed by atoms with Crippen molar-refractivity contribution in [3.63, 3.8) is 0 Å². The molecule has 0 amide bonds. The Hall–Kier alpha value is -0.570. The van der Waals surface area contributed by atoms with Crippen LogP contribution in [0.4, 0.5) is 0 Å². The van der Waals surface area contributed by atoms with Crippen LogP contribution in [-0.4, -0.2) is 25.2 Å². The van der Waals surface area contributed by atoms with Gasteiger partial charge in [0.2, 0.25) is 0 Å². The van der Waals surface area contributed by atoms with Crippen LogP contribution in [-0.2, 0) is 9.53 Å². The van der Waals surface area contributed by atoms with Crippen molar-refractivity contribution in [1.82, 2.24) is 5.32 Å². The Balaban J connectivity index is 4.03. The number of esters is 1. The van der Waals surface area contributed by atoms with Crippen LogP contribution < -0.4 is 5.32 Å². The zero-order valence-electron chi connectivity index (χ0n) is 10.7. The van der Waals surface area contributed by atoms with Gasteiger partial charge in [0.25, 0.3) is 0 Å². The molecule has 0 rings (SSSR count). The lowest BCUT2D eigenvalue weighted by molar-refractivity contribution is -0.142. The quantitative estimate of drug-likeness (QED) is 0.662. The number of rotatable bonds is 7. The molecule has 0 aliphatic carbocycles. The minimum Gasteiger partial charge on any atom is -0.468 e. The Morgan fingerprint density at radius 2 is 1.87 bits per heavy atom. The van der Waals surface area contributed by atoms with E-state index in [9.17, 15) is 4.79 Å². The summed E-state index contributed by atoms with van der Waals surface area (Å²) in [5.41, 5.74) is 0. The van der Waals surface area contributed by atoms with E-state index in [2.05, 4.69) is 30.8 Å². The van der Waals surface area contributed by atoms with Crippen LogP contribution in [0.2, 0.25) is 0 Å². The summed E-state index contributed by atoms with van der Waals surface area (Å²) in [6.07, 6.45) is 3.35. The number of nitrogens with one attached hydrogen (secondary N) is 1. The monoisotopic (exact) mass is 215 g/mol. The largest absolute Gasteiger partial charge is 0.468 e. The molecular formula is C12H25NO2. The van der Waals surface area contributed by atoms with Crippen molar-refractivity contribution in [3.8, 4) is 0 Å². The highest BCUT2D eigenvalue weighted by Crippen LogP contribution is 2.12. The number of carbonyl (C=O) groups is 1. The summed E-state index contributed by atoms with van der Waals surface area (Å²) in [5, 5.41) is 3.31. The van der Waals surface area contributed by atoms with E-state index in [0.717, 1.165) is 12.8 Å². The summed E-state index contributed by atoms with van der Waals surface area (Å²) >= 11 is 0. The van der Waals surface area contributed by atoms with E-state index >= 15 is 0 Å². The van der Waals surface area contributed by atoms with Gasteiger partial charge in [0, 0.05) is 6.04 Å². The number of hydrogen-bond acceptors (Lipinski definition) is 3. The van der Waals surface area contributed by atoms with E-state index in [0.29, 0.717) is 12.0 Å². The molecule has 1 N–H and O–H groups in total. The van der Waals surface area contributed by atoms with E-state index < -0.39 is 0 Å². The first-order valence-corrected chi connectivity index (χ1v) is 5.88. The van der Waals surface area contributed by atoms with Gasteiger partial charge in [-0.25, -0.2) is 0 Å². The lowest BCUT2D eigenvalue weighted by Gasteiger charge is -2.23. The molecule has 90 valence electrons. The van der Waals surface area contributed by atoms with Gasteiger partial charge in [-0.15, -0.1) is 0 Å². The lowest BCUT2D eigenvalue weighted by atomic mass is 9.97. The van der Waals surface area contributed by atoms with Crippen LogP contribution in [0.5, 0.6) is 0 Å². The predicted octanol–water partition coefficient (Wildman–Crippen LogP) is 2.35. The van der Waals surface area contributed by atoms with Crippen molar-refractivity contribution in [3.05, 3.63) is 0 Å². The molecule has 0 spiro atoms. The van der Waals surface area contributed by atoms with Crippen LogP contribution in [0, 0.1) is 5.92 Å². The minimum atomic E-state index is -0.205. The lowest BCUT2D eigenvalue weighted by Crippen LogP contribution is -2.42. The SMILES string of the molecule is CCC(C)CC(CC)NC(C)C(=O)OC. The van der Waals surface area contributed by atoms with E-state index in [4.69, 9.17) is 0 Å². The fourth-order valence-corrected chi connectivity index (χ4v) is 1.60. The van der Waals surface area contributed by atoms with Crippen molar-refractivity contribution >= 4 is 5.97 Å². The Morgan fingerprint density at radius 3 is 2.27 bits per heavy atom. The second-order valence-electron chi connectivity index (χ2n) is 4.27. The van der Waals surface area contributed by atoms with Crippen LogP contribution in [0.1, 0.15) is 47.0 Å². The third-order valence-corrected chi connectivity index (χ3v) is 2.92. The van der Waals surface area contributed by atoms with E-state index in [1.807, 2.05) is 6.92 Å². The van der Waals surface area contributed by atoms with Gasteiger partial charge in [0.1, 0.15) is 6.04 Å². The maximum atomic E-state index is 11.2. The molecule has 0 radical (unpaired) electrons. The first-order valence-electron chi connectivity index (χ1n) is 5.88. The van der Waals surface area contributed by atoms with Crippen LogP contribution >= 0.6 is 0 Å². The predicted molar refractivity (Wildman–Crippen MR) is 62.8 cm³/mol. The molecule has 3 atom stereocenters. The van der Waals surface area contributed by atoms with Gasteiger partial charge in [0.05, 0.1) is 7.11 Å². The molecule has 0 fully saturated rings. The fourth-order valence-electron chi connectivity index (χ4n) is 1.60. The van der Waals surface area contributed by atoms with Crippen molar-refractivity contribution in [2.75, 3.05) is 7.11 Å². The van der Waals surface area contributed by atoms with Gasteiger partial charge >= 0.3 is 5.97 Å². The van der Waals surface area contributed by atoms with Gasteiger partial charge in [-0.05, 0) is 25.7 Å². The van der Waals surface area contributed by atoms with Crippen molar-refractivity contribution < 1.29 is 9.53 Å². The molecule has 0 saturated carbocycles. The van der Waals surface area contributed by atoms with Crippen LogP contribution in [0.25, 0.3) is 0 Å². The molecule has 0 aromatic rings. The zero-order chi connectivity index (χ0) is 11.8. The van der Waals surface area contributed by atoms with Crippen molar-refractivity contribution in [1.29, 1.82) is 0 Å². The first-order chi connectivity index (χ1) is 7.04. The van der Waals surface area contributed by atoms with Gasteiger partial charge in [-0.3, -0.25) is 4.79 Å². The summed E-state index contributed by atoms with van der Waals surface area (Å²) in [6, 6.07) is 0.207. The molecule has 3 heteroatoms. The van der Waals surface area contributed by atoms with Gasteiger partial charge in [-0.2, -0.15) is 0 Å². The van der Waals surface area contributed by atoms with Crippen LogP contribution in [0.15, 0.2) is 0 Å². The fraction of sp³-hybridized carbons (Fsp3) is 0.917. The number of ether oxygens (including phenoxy) is 1. The Morgan fingerprint density at radius 1 is 1.27 bits per heavy atom. The molecule has 0 aliphatic rings. The molecular weight excluding hydrogens is 190 g/mol. The highest BCUT2D eigenvalue weighted by molar-refractivity contribution is 5.75. The van der Waals surface area contributed by atoms with E-state index in [1.165, 1.54) is 13.5 Å². The number of carbonyl (C=O) groups excluding carboxylic acids is 1. The Labute approximate surface area is 93.6 Å². The standard InChI is InChI=1S/C12H25NO2/c1-6-9(3)8-11(7-2)13-10(4)12(14)15-5/h9-11,13H,6-8H2,1-5H3. The summed E-state index contributed by atoms with van der Waals surface area (Å²) in [4.78, 5) is 11.2. The average Bonchev–Trinajstić information content (AvgIpc) is 2.26. The smallest absolute Gasteiger partial charge is 0.322 e. The Kier molecular flexibility index (Phi) is 7.39. The van der Waals surface area contributed by atoms with Crippen LogP contribution in [0.3, 0.4) is 0 Å². The molecule has 3 unspecified atom stereocenters. The second-order valence-corrected chi connectivity index (χ2v) is 4.27.